The molecular formula is C30H28BrFN4O3. The van der Waals surface area contributed by atoms with Gasteiger partial charge in [0, 0.05) is 42.0 Å². The first-order chi connectivity index (χ1) is 18.9. The van der Waals surface area contributed by atoms with E-state index in [9.17, 15) is 14.0 Å². The Morgan fingerprint density at radius 3 is 2.18 bits per heavy atom. The molecule has 1 aliphatic heterocycles. The lowest BCUT2D eigenvalue weighted by molar-refractivity contribution is 0.0671. The number of carbonyl (C=O) groups excluding carboxylic acids is 2. The number of rotatable bonds is 5. The number of amides is 3. The van der Waals surface area contributed by atoms with Crippen LogP contribution in [0.5, 0.6) is 5.75 Å². The summed E-state index contributed by atoms with van der Waals surface area (Å²) in [5.41, 5.74) is 3.75. The van der Waals surface area contributed by atoms with Gasteiger partial charge in [-0.05, 0) is 79.2 Å². The van der Waals surface area contributed by atoms with Crippen LogP contribution < -0.4 is 10.1 Å². The van der Waals surface area contributed by atoms with Crippen molar-refractivity contribution >= 4 is 33.6 Å². The average molecular weight is 591 g/mol. The molecule has 4 aromatic rings. The standard InChI is InChI=1S/C30H28BrFN4O3/c1-20-25(29(37)34-15-17-35(18-16-34)30(38)33-23-11-9-22(31)10-12-23)19-28(21-7-13-24(39-2)14-8-21)36(20)27-6-4-3-5-26(27)32/h3-14,19H,15-18H2,1-2H3,(H,33,38). The summed E-state index contributed by atoms with van der Waals surface area (Å²) in [6, 6.07) is 23.0. The second-order valence-corrected chi connectivity index (χ2v) is 10.2. The van der Waals surface area contributed by atoms with Crippen LogP contribution in [0, 0.1) is 12.7 Å². The van der Waals surface area contributed by atoms with Crippen LogP contribution in [0.25, 0.3) is 16.9 Å². The molecule has 1 fully saturated rings. The van der Waals surface area contributed by atoms with Crippen molar-refractivity contribution in [3.05, 3.63) is 100 Å². The number of hydrogen-bond acceptors (Lipinski definition) is 3. The first-order valence-corrected chi connectivity index (χ1v) is 13.4. The van der Waals surface area contributed by atoms with Crippen molar-refractivity contribution in [2.24, 2.45) is 0 Å². The van der Waals surface area contributed by atoms with E-state index < -0.39 is 0 Å². The number of piperazine rings is 1. The molecule has 0 saturated carbocycles. The number of hydrogen-bond donors (Lipinski definition) is 1. The summed E-state index contributed by atoms with van der Waals surface area (Å²) in [7, 11) is 1.60. The molecule has 0 bridgehead atoms. The van der Waals surface area contributed by atoms with Gasteiger partial charge in [0.15, 0.2) is 0 Å². The summed E-state index contributed by atoms with van der Waals surface area (Å²) in [5, 5.41) is 2.90. The minimum atomic E-state index is -0.379. The molecule has 7 nitrogen and oxygen atoms in total. The van der Waals surface area contributed by atoms with E-state index in [0.29, 0.717) is 60.3 Å². The predicted molar refractivity (Wildman–Crippen MR) is 153 cm³/mol. The van der Waals surface area contributed by atoms with Gasteiger partial charge in [0.25, 0.3) is 5.91 Å². The largest absolute Gasteiger partial charge is 0.497 e. The number of aromatic nitrogens is 1. The van der Waals surface area contributed by atoms with Crippen LogP contribution in [0.3, 0.4) is 0 Å². The van der Waals surface area contributed by atoms with E-state index in [1.54, 1.807) is 39.7 Å². The second kappa shape index (κ2) is 11.3. The smallest absolute Gasteiger partial charge is 0.321 e. The Kier molecular flexibility index (Phi) is 7.70. The Labute approximate surface area is 234 Å². The van der Waals surface area contributed by atoms with Gasteiger partial charge < -0.3 is 24.4 Å². The zero-order valence-electron chi connectivity index (χ0n) is 21.7. The molecule has 1 N–H and O–H groups in total. The van der Waals surface area contributed by atoms with Gasteiger partial charge in [0.05, 0.1) is 24.1 Å². The molecule has 200 valence electrons. The van der Waals surface area contributed by atoms with Crippen molar-refractivity contribution in [3.8, 4) is 22.7 Å². The van der Waals surface area contributed by atoms with Crippen molar-refractivity contribution in [1.82, 2.24) is 14.4 Å². The highest BCUT2D eigenvalue weighted by Gasteiger charge is 2.28. The van der Waals surface area contributed by atoms with E-state index in [0.717, 1.165) is 10.0 Å². The predicted octanol–water partition coefficient (Wildman–Crippen LogP) is 6.35. The number of carbonyl (C=O) groups is 2. The van der Waals surface area contributed by atoms with Gasteiger partial charge in [0.2, 0.25) is 0 Å². The van der Waals surface area contributed by atoms with Crippen LogP contribution in [-0.2, 0) is 0 Å². The van der Waals surface area contributed by atoms with E-state index >= 15 is 0 Å². The van der Waals surface area contributed by atoms with Crippen molar-refractivity contribution in [1.29, 1.82) is 0 Å². The molecule has 2 heterocycles. The van der Waals surface area contributed by atoms with Crippen molar-refractivity contribution in [3.63, 3.8) is 0 Å². The van der Waals surface area contributed by atoms with Gasteiger partial charge in [-0.3, -0.25) is 4.79 Å². The molecule has 0 radical (unpaired) electrons. The normalized spacial score (nSPS) is 13.3. The number of benzene rings is 3. The van der Waals surface area contributed by atoms with Gasteiger partial charge in [0.1, 0.15) is 11.6 Å². The fourth-order valence-corrected chi connectivity index (χ4v) is 5.02. The molecule has 0 spiro atoms. The number of nitrogens with zero attached hydrogens (tertiary/aromatic N) is 3. The number of nitrogens with one attached hydrogen (secondary N) is 1. The van der Waals surface area contributed by atoms with Gasteiger partial charge >= 0.3 is 6.03 Å². The Hall–Kier alpha value is -4.11. The quantitative estimate of drug-likeness (QED) is 0.294. The maximum Gasteiger partial charge on any atom is 0.321 e. The first kappa shape index (κ1) is 26.5. The number of anilines is 1. The summed E-state index contributed by atoms with van der Waals surface area (Å²) in [4.78, 5) is 29.9. The van der Waals surface area contributed by atoms with Crippen LogP contribution in [0.1, 0.15) is 16.1 Å². The van der Waals surface area contributed by atoms with Gasteiger partial charge in [-0.15, -0.1) is 0 Å². The third-order valence-electron chi connectivity index (χ3n) is 6.91. The van der Waals surface area contributed by atoms with E-state index in [4.69, 9.17) is 4.74 Å². The summed E-state index contributed by atoms with van der Waals surface area (Å²) < 4.78 is 23.0. The molecule has 9 heteroatoms. The average Bonchev–Trinajstić information content (AvgIpc) is 3.30. The summed E-state index contributed by atoms with van der Waals surface area (Å²) >= 11 is 3.39. The summed E-state index contributed by atoms with van der Waals surface area (Å²) in [5.74, 6) is 0.179. The molecule has 0 unspecified atom stereocenters. The molecule has 1 saturated heterocycles. The molecule has 39 heavy (non-hydrogen) atoms. The van der Waals surface area contributed by atoms with E-state index in [2.05, 4.69) is 21.2 Å². The molecule has 3 amide bonds. The number of methoxy groups -OCH3 is 1. The lowest BCUT2D eigenvalue weighted by atomic mass is 10.1. The first-order valence-electron chi connectivity index (χ1n) is 12.6. The highest BCUT2D eigenvalue weighted by Crippen LogP contribution is 2.32. The van der Waals surface area contributed by atoms with Crippen LogP contribution in [0.2, 0.25) is 0 Å². The molecule has 5 rings (SSSR count). The second-order valence-electron chi connectivity index (χ2n) is 9.26. The third-order valence-corrected chi connectivity index (χ3v) is 7.43. The highest BCUT2D eigenvalue weighted by atomic mass is 79.9. The van der Waals surface area contributed by atoms with E-state index in [1.165, 1.54) is 6.07 Å². The van der Waals surface area contributed by atoms with Crippen molar-refractivity contribution < 1.29 is 18.7 Å². The lowest BCUT2D eigenvalue weighted by Gasteiger charge is -2.34. The fraction of sp³-hybridized carbons (Fsp3) is 0.200. The molecule has 1 aromatic heterocycles. The Morgan fingerprint density at radius 2 is 1.54 bits per heavy atom. The zero-order valence-corrected chi connectivity index (χ0v) is 23.2. The minimum Gasteiger partial charge on any atom is -0.497 e. The van der Waals surface area contributed by atoms with E-state index in [-0.39, 0.29) is 17.8 Å². The third kappa shape index (κ3) is 5.54. The fourth-order valence-electron chi connectivity index (χ4n) is 4.76. The summed E-state index contributed by atoms with van der Waals surface area (Å²) in [6.07, 6.45) is 0. The number of ether oxygens (including phenoxy) is 1. The van der Waals surface area contributed by atoms with Gasteiger partial charge in [-0.2, -0.15) is 0 Å². The topological polar surface area (TPSA) is 66.8 Å². The van der Waals surface area contributed by atoms with Crippen molar-refractivity contribution in [2.45, 2.75) is 6.92 Å². The molecule has 1 aliphatic rings. The van der Waals surface area contributed by atoms with Crippen LogP contribution in [-0.4, -0.2) is 59.6 Å². The Morgan fingerprint density at radius 1 is 0.897 bits per heavy atom. The molecule has 0 aliphatic carbocycles. The number of para-hydroxylation sites is 1. The Balaban J connectivity index is 1.38. The maximum atomic E-state index is 14.9. The zero-order chi connectivity index (χ0) is 27.5. The van der Waals surface area contributed by atoms with Crippen LogP contribution >= 0.6 is 15.9 Å². The van der Waals surface area contributed by atoms with Crippen molar-refractivity contribution in [2.75, 3.05) is 38.6 Å². The molecule has 3 aromatic carbocycles. The monoisotopic (exact) mass is 590 g/mol. The van der Waals surface area contributed by atoms with Crippen LogP contribution in [0.4, 0.5) is 14.9 Å². The maximum absolute atomic E-state index is 14.9. The minimum absolute atomic E-state index is 0.148. The lowest BCUT2D eigenvalue weighted by Crippen LogP contribution is -2.51. The van der Waals surface area contributed by atoms with Gasteiger partial charge in [-0.1, -0.05) is 28.1 Å². The van der Waals surface area contributed by atoms with Crippen LogP contribution in [0.15, 0.2) is 83.3 Å². The number of urea groups is 1. The van der Waals surface area contributed by atoms with Gasteiger partial charge in [-0.25, -0.2) is 9.18 Å². The SMILES string of the molecule is COc1ccc(-c2cc(C(=O)N3CCN(C(=O)Nc4ccc(Br)cc4)CC3)c(C)n2-c2ccccc2F)cc1. The molecular weight excluding hydrogens is 563 g/mol. The number of halogens is 2. The molecule has 0 atom stereocenters. The highest BCUT2D eigenvalue weighted by molar-refractivity contribution is 9.10. The Bertz CT molecular complexity index is 1490. The van der Waals surface area contributed by atoms with E-state index in [1.807, 2.05) is 61.5 Å². The summed E-state index contributed by atoms with van der Waals surface area (Å²) in [6.45, 7) is 3.44.